The van der Waals surface area contributed by atoms with Crippen molar-refractivity contribution >= 4 is 58.8 Å². The highest BCUT2D eigenvalue weighted by atomic mass is 32.2. The van der Waals surface area contributed by atoms with Crippen molar-refractivity contribution in [3.05, 3.63) is 90.5 Å². The highest BCUT2D eigenvalue weighted by molar-refractivity contribution is 8.03. The fourth-order valence-corrected chi connectivity index (χ4v) is 9.37. The number of aliphatic hydroxyl groups excluding tert-OH is 2. The van der Waals surface area contributed by atoms with Crippen molar-refractivity contribution in [1.82, 2.24) is 15.1 Å². The Balaban J connectivity index is 1.32. The molecule has 0 aliphatic carbocycles. The number of ether oxygens (including phenoxy) is 2. The van der Waals surface area contributed by atoms with E-state index in [4.69, 9.17) is 14.6 Å². The summed E-state index contributed by atoms with van der Waals surface area (Å²) in [6.07, 6.45) is -0.860. The number of nitrogens with one attached hydrogen (secondary N) is 1. The Hall–Kier alpha value is -4.72. The van der Waals surface area contributed by atoms with E-state index < -0.39 is 45.9 Å². The molecule has 3 aliphatic heterocycles. The summed E-state index contributed by atoms with van der Waals surface area (Å²) in [5.74, 6) is -1.50. The number of carbonyl (C=O) groups excluding carboxylic acids is 4. The number of carbonyl (C=O) groups is 4. The second kappa shape index (κ2) is 18.1. The van der Waals surface area contributed by atoms with E-state index >= 15 is 0 Å². The quantitative estimate of drug-likeness (QED) is 0.0687. The molecule has 2 aromatic carbocycles. The molecule has 2 fully saturated rings. The van der Waals surface area contributed by atoms with Crippen LogP contribution in [0.5, 0.6) is 0 Å². The number of nitro groups is 2. The number of thioether (sulfide) groups is 2. The first kappa shape index (κ1) is 40.5. The molecule has 2 saturated heterocycles. The number of likely N-dealkylation sites (tertiary alicyclic amines) is 1. The zero-order valence-corrected chi connectivity index (χ0v) is 31.2. The van der Waals surface area contributed by atoms with Gasteiger partial charge in [0, 0.05) is 77.4 Å². The summed E-state index contributed by atoms with van der Waals surface area (Å²) in [5.41, 5.74) is 0.925. The van der Waals surface area contributed by atoms with Crippen molar-refractivity contribution in [3.63, 3.8) is 0 Å². The maximum atomic E-state index is 13.7. The molecule has 2 aromatic rings. The monoisotopic (exact) mass is 787 g/mol. The number of β-lactam (4-membered cyclic amide) rings is 1. The van der Waals surface area contributed by atoms with E-state index in [0.717, 1.165) is 0 Å². The molecule has 6 atom stereocenters. The van der Waals surface area contributed by atoms with Gasteiger partial charge >= 0.3 is 12.1 Å². The first-order valence-corrected chi connectivity index (χ1v) is 19.3. The van der Waals surface area contributed by atoms with Crippen LogP contribution in [-0.2, 0) is 37.1 Å². The third kappa shape index (κ3) is 9.31. The standard InChI is InChI=1S/C35H41N5O12S2/c1-20-30-29(21(2)42)33(44)38(30)31(34(45)51-17-22-3-7-24(8-4-22)39(47)48)32(20)54-27-15-26(19-53-14-11-28(43)36-12-13-41)37(16-27)35(46)52-18-23-5-9-25(10-6-23)40(49)50/h3-10,20-21,26-27,29-30,41-42H,11-19H2,1-2H3,(H,36,43)/t20-,21-,26+,27+,29-,30-/m1/s1. The van der Waals surface area contributed by atoms with Crippen molar-refractivity contribution in [2.24, 2.45) is 11.8 Å². The zero-order valence-electron chi connectivity index (χ0n) is 29.5. The minimum atomic E-state index is -0.956. The Bertz CT molecular complexity index is 1770. The summed E-state index contributed by atoms with van der Waals surface area (Å²) < 4.78 is 11.3. The summed E-state index contributed by atoms with van der Waals surface area (Å²) in [4.78, 5) is 77.2. The van der Waals surface area contributed by atoms with E-state index in [2.05, 4.69) is 5.32 Å². The lowest BCUT2D eigenvalue weighted by molar-refractivity contribution is -0.385. The minimum absolute atomic E-state index is 0.0697. The molecule has 290 valence electrons. The predicted octanol–water partition coefficient (Wildman–Crippen LogP) is 3.36. The number of non-ortho nitro benzene ring substituents is 2. The number of benzene rings is 2. The average molecular weight is 788 g/mol. The topological polar surface area (TPSA) is 232 Å². The Labute approximate surface area is 318 Å². The van der Waals surface area contributed by atoms with Crippen LogP contribution in [0.4, 0.5) is 16.2 Å². The van der Waals surface area contributed by atoms with E-state index in [-0.39, 0.29) is 79.5 Å². The molecule has 3 heterocycles. The van der Waals surface area contributed by atoms with Gasteiger partial charge in [-0.25, -0.2) is 9.59 Å². The summed E-state index contributed by atoms with van der Waals surface area (Å²) in [6.45, 7) is 3.29. The van der Waals surface area contributed by atoms with E-state index in [9.17, 15) is 44.5 Å². The lowest BCUT2D eigenvalue weighted by Gasteiger charge is -2.46. The third-order valence-electron chi connectivity index (χ3n) is 9.45. The van der Waals surface area contributed by atoms with Crippen LogP contribution in [0.1, 0.15) is 37.8 Å². The van der Waals surface area contributed by atoms with Crippen LogP contribution in [0, 0.1) is 32.1 Å². The van der Waals surface area contributed by atoms with Gasteiger partial charge in [0.25, 0.3) is 11.4 Å². The molecular weight excluding hydrogens is 747 g/mol. The van der Waals surface area contributed by atoms with Gasteiger partial charge in [-0.1, -0.05) is 6.92 Å². The minimum Gasteiger partial charge on any atom is -0.456 e. The van der Waals surface area contributed by atoms with Gasteiger partial charge in [-0.2, -0.15) is 11.8 Å². The molecule has 5 rings (SSSR count). The summed E-state index contributed by atoms with van der Waals surface area (Å²) in [6, 6.07) is 10.4. The van der Waals surface area contributed by atoms with Gasteiger partial charge in [0.15, 0.2) is 0 Å². The Morgan fingerprint density at radius 2 is 1.59 bits per heavy atom. The van der Waals surface area contributed by atoms with Crippen molar-refractivity contribution in [2.75, 3.05) is 31.2 Å². The average Bonchev–Trinajstić information content (AvgIpc) is 3.66. The Kier molecular flexibility index (Phi) is 13.5. The van der Waals surface area contributed by atoms with E-state index in [0.29, 0.717) is 34.0 Å². The molecule has 3 N–H and O–H groups in total. The largest absolute Gasteiger partial charge is 0.456 e. The Morgan fingerprint density at radius 3 is 2.15 bits per heavy atom. The van der Waals surface area contributed by atoms with Crippen molar-refractivity contribution < 1.29 is 48.7 Å². The second-order valence-electron chi connectivity index (χ2n) is 13.1. The van der Waals surface area contributed by atoms with Crippen LogP contribution < -0.4 is 5.32 Å². The lowest BCUT2D eigenvalue weighted by atomic mass is 9.79. The number of aliphatic hydroxyl groups is 2. The molecule has 54 heavy (non-hydrogen) atoms. The second-order valence-corrected chi connectivity index (χ2v) is 15.6. The molecular formula is C35H41N5O12S2. The maximum Gasteiger partial charge on any atom is 0.410 e. The zero-order chi connectivity index (χ0) is 39.1. The van der Waals surface area contributed by atoms with E-state index in [1.54, 1.807) is 4.90 Å². The molecule has 0 bridgehead atoms. The van der Waals surface area contributed by atoms with Gasteiger partial charge in [0.05, 0.1) is 34.5 Å². The molecule has 3 amide bonds. The molecule has 19 heteroatoms. The fourth-order valence-electron chi connectivity index (χ4n) is 6.73. The fraction of sp³-hybridized carbons (Fsp3) is 0.486. The lowest BCUT2D eigenvalue weighted by Crippen LogP contribution is -2.63. The molecule has 17 nitrogen and oxygen atoms in total. The van der Waals surface area contributed by atoms with Crippen molar-refractivity contribution in [3.8, 4) is 0 Å². The van der Waals surface area contributed by atoms with Crippen LogP contribution in [0.15, 0.2) is 59.1 Å². The van der Waals surface area contributed by atoms with Gasteiger partial charge in [-0.05, 0) is 48.7 Å². The van der Waals surface area contributed by atoms with Crippen molar-refractivity contribution in [2.45, 2.75) is 63.3 Å². The SMILES string of the molecule is C[C@@H](O)[C@H]1C(=O)N2C(C(=O)OCc3ccc([N+](=O)[O-])cc3)=C(S[C@H]3C[C@@H](CSCCC(=O)NCCO)N(C(=O)OCc4ccc([N+](=O)[O-])cc4)C3)[C@H](C)[C@H]12. The number of hydrogen-bond acceptors (Lipinski definition) is 14. The van der Waals surface area contributed by atoms with Gasteiger partial charge in [-0.15, -0.1) is 11.8 Å². The first-order valence-electron chi connectivity index (χ1n) is 17.2. The molecule has 0 radical (unpaired) electrons. The normalized spacial score (nSPS) is 22.4. The molecule has 0 unspecified atom stereocenters. The number of esters is 1. The maximum absolute atomic E-state index is 13.7. The molecule has 0 aromatic heterocycles. The highest BCUT2D eigenvalue weighted by Gasteiger charge is 2.60. The summed E-state index contributed by atoms with van der Waals surface area (Å²) in [7, 11) is 0. The molecule has 3 aliphatic rings. The number of rotatable bonds is 17. The van der Waals surface area contributed by atoms with Crippen LogP contribution in [0.25, 0.3) is 0 Å². The number of amides is 3. The van der Waals surface area contributed by atoms with Gasteiger partial charge in [-0.3, -0.25) is 29.8 Å². The number of hydrogen-bond donors (Lipinski definition) is 3. The summed E-state index contributed by atoms with van der Waals surface area (Å²) >= 11 is 2.84. The molecule has 0 spiro atoms. The smallest absolute Gasteiger partial charge is 0.410 e. The van der Waals surface area contributed by atoms with Crippen molar-refractivity contribution in [1.29, 1.82) is 0 Å². The van der Waals surface area contributed by atoms with E-state index in [1.807, 2.05) is 6.92 Å². The van der Waals surface area contributed by atoms with E-state index in [1.165, 1.54) is 83.9 Å². The van der Waals surface area contributed by atoms with Crippen LogP contribution in [0.2, 0.25) is 0 Å². The number of nitrogens with zero attached hydrogens (tertiary/aromatic N) is 4. The van der Waals surface area contributed by atoms with Crippen LogP contribution in [-0.4, -0.2) is 108 Å². The van der Waals surface area contributed by atoms with Gasteiger partial charge in [0.2, 0.25) is 11.8 Å². The number of nitro benzene ring substituents is 2. The highest BCUT2D eigenvalue weighted by Crippen LogP contribution is 2.52. The van der Waals surface area contributed by atoms with Gasteiger partial charge < -0.3 is 34.8 Å². The predicted molar refractivity (Wildman–Crippen MR) is 197 cm³/mol. The third-order valence-corrected chi connectivity index (χ3v) is 12.1. The van der Waals surface area contributed by atoms with Gasteiger partial charge in [0.1, 0.15) is 18.9 Å². The van der Waals surface area contributed by atoms with Crippen LogP contribution >= 0.6 is 23.5 Å². The number of fused-ring (bicyclic) bond motifs is 1. The Morgan fingerprint density at radius 1 is 1.00 bits per heavy atom. The molecule has 0 saturated carbocycles. The summed E-state index contributed by atoms with van der Waals surface area (Å²) in [5, 5.41) is 43.8. The van der Waals surface area contributed by atoms with Crippen LogP contribution in [0.3, 0.4) is 0 Å². The first-order chi connectivity index (χ1) is 25.8.